The second-order valence-corrected chi connectivity index (χ2v) is 10.2. The summed E-state index contributed by atoms with van der Waals surface area (Å²) in [5, 5.41) is 3.52. The summed E-state index contributed by atoms with van der Waals surface area (Å²) in [6.45, 7) is 0. The zero-order chi connectivity index (χ0) is 26.5. The lowest BCUT2D eigenvalue weighted by molar-refractivity contribution is 0.645. The van der Waals surface area contributed by atoms with Gasteiger partial charge in [-0.25, -0.2) is 0 Å². The van der Waals surface area contributed by atoms with E-state index in [1.54, 1.807) is 0 Å². The fourth-order valence-corrected chi connectivity index (χ4v) is 5.89. The molecule has 8 rings (SSSR count). The van der Waals surface area contributed by atoms with E-state index in [4.69, 9.17) is 4.42 Å². The van der Waals surface area contributed by atoms with Crippen molar-refractivity contribution in [2.24, 2.45) is 0 Å². The van der Waals surface area contributed by atoms with Crippen molar-refractivity contribution in [2.75, 3.05) is 0 Å². The van der Waals surface area contributed by atoms with Gasteiger partial charge in [0.05, 0.1) is 10.9 Å². The van der Waals surface area contributed by atoms with E-state index in [-0.39, 0.29) is 0 Å². The summed E-state index contributed by atoms with van der Waals surface area (Å²) in [6, 6.07) is 53.7. The highest BCUT2D eigenvalue weighted by Crippen LogP contribution is 2.39. The van der Waals surface area contributed by atoms with Crippen molar-refractivity contribution < 1.29 is 4.42 Å². The van der Waals surface area contributed by atoms with Crippen LogP contribution in [0.25, 0.3) is 72.0 Å². The lowest BCUT2D eigenvalue weighted by atomic mass is 9.93. The highest BCUT2D eigenvalue weighted by molar-refractivity contribution is 6.19. The largest absolute Gasteiger partial charge is 0.439 e. The summed E-state index contributed by atoms with van der Waals surface area (Å²) in [7, 11) is 0. The molecule has 40 heavy (non-hydrogen) atoms. The SMILES string of the molecule is c1ccc(-c2cc(-c3ccccc3)cc(-c3ccc(-n4c5ccccc5c5c6ccccc6oc54)cc3)c2)cc1. The fraction of sp³-hybridized carbons (Fsp3) is 0. The van der Waals surface area contributed by atoms with Crippen LogP contribution in [0.4, 0.5) is 0 Å². The Hall–Kier alpha value is -5.34. The molecule has 2 aromatic heterocycles. The topological polar surface area (TPSA) is 18.1 Å². The normalized spacial score (nSPS) is 11.5. The Kier molecular flexibility index (Phi) is 5.17. The van der Waals surface area contributed by atoms with E-state index in [1.165, 1.54) is 44.2 Å². The first-order chi connectivity index (χ1) is 19.8. The molecule has 2 nitrogen and oxygen atoms in total. The average Bonchev–Trinajstić information content (AvgIpc) is 3.56. The summed E-state index contributed by atoms with van der Waals surface area (Å²) >= 11 is 0. The Balaban J connectivity index is 1.28. The molecule has 0 aliphatic carbocycles. The standard InChI is InChI=1S/C38H25NO/c1-3-11-26(12-4-1)29-23-30(27-13-5-2-6-14-27)25-31(24-29)28-19-21-32(22-20-28)39-35-17-9-7-15-33(35)37-34-16-8-10-18-36(34)40-38(37)39/h1-25H. The first-order valence-corrected chi connectivity index (χ1v) is 13.6. The van der Waals surface area contributed by atoms with E-state index in [0.717, 1.165) is 27.9 Å². The van der Waals surface area contributed by atoms with Crippen LogP contribution in [0, 0.1) is 0 Å². The minimum Gasteiger partial charge on any atom is -0.439 e. The quantitative estimate of drug-likeness (QED) is 0.230. The molecule has 0 radical (unpaired) electrons. The molecule has 0 fully saturated rings. The van der Waals surface area contributed by atoms with Gasteiger partial charge in [-0.1, -0.05) is 109 Å². The molecule has 0 atom stereocenters. The van der Waals surface area contributed by atoms with Crippen molar-refractivity contribution in [1.82, 2.24) is 4.57 Å². The summed E-state index contributed by atoms with van der Waals surface area (Å²) in [6.07, 6.45) is 0. The number of furan rings is 1. The minimum atomic E-state index is 0.882. The third-order valence-electron chi connectivity index (χ3n) is 7.80. The average molecular weight is 512 g/mol. The Morgan fingerprint density at radius 1 is 0.400 bits per heavy atom. The van der Waals surface area contributed by atoms with E-state index in [1.807, 2.05) is 12.1 Å². The molecule has 0 saturated heterocycles. The fourth-order valence-electron chi connectivity index (χ4n) is 5.89. The van der Waals surface area contributed by atoms with Crippen molar-refractivity contribution in [1.29, 1.82) is 0 Å². The Bertz CT molecular complexity index is 2070. The second-order valence-electron chi connectivity index (χ2n) is 10.2. The molecular formula is C38H25NO. The van der Waals surface area contributed by atoms with Crippen LogP contribution in [-0.2, 0) is 0 Å². The van der Waals surface area contributed by atoms with Crippen LogP contribution < -0.4 is 0 Å². The number of para-hydroxylation sites is 2. The van der Waals surface area contributed by atoms with Crippen LogP contribution in [0.2, 0.25) is 0 Å². The number of fused-ring (bicyclic) bond motifs is 5. The van der Waals surface area contributed by atoms with E-state index in [0.29, 0.717) is 0 Å². The van der Waals surface area contributed by atoms with Gasteiger partial charge in [0.15, 0.2) is 0 Å². The lowest BCUT2D eigenvalue weighted by Crippen LogP contribution is -1.93. The Morgan fingerprint density at radius 2 is 0.900 bits per heavy atom. The molecule has 0 spiro atoms. The first kappa shape index (κ1) is 22.6. The van der Waals surface area contributed by atoms with E-state index in [2.05, 4.69) is 144 Å². The number of hydrogen-bond donors (Lipinski definition) is 0. The van der Waals surface area contributed by atoms with E-state index in [9.17, 15) is 0 Å². The van der Waals surface area contributed by atoms with Crippen LogP contribution in [-0.4, -0.2) is 4.57 Å². The summed E-state index contributed by atoms with van der Waals surface area (Å²) in [5.74, 6) is 0. The van der Waals surface area contributed by atoms with Crippen molar-refractivity contribution >= 4 is 33.0 Å². The number of rotatable bonds is 4. The van der Waals surface area contributed by atoms with Gasteiger partial charge in [-0.05, 0) is 75.8 Å². The van der Waals surface area contributed by atoms with Gasteiger partial charge in [-0.2, -0.15) is 0 Å². The molecular weight excluding hydrogens is 486 g/mol. The van der Waals surface area contributed by atoms with Crippen LogP contribution >= 0.6 is 0 Å². The third kappa shape index (κ3) is 3.65. The van der Waals surface area contributed by atoms with Crippen LogP contribution in [0.15, 0.2) is 156 Å². The van der Waals surface area contributed by atoms with E-state index < -0.39 is 0 Å². The molecule has 0 bridgehead atoms. The number of benzene rings is 6. The molecule has 0 aliphatic heterocycles. The molecule has 0 aliphatic rings. The maximum atomic E-state index is 6.43. The molecule has 0 unspecified atom stereocenters. The molecule has 2 heterocycles. The van der Waals surface area contributed by atoms with Crippen molar-refractivity contribution in [3.05, 3.63) is 152 Å². The number of nitrogens with zero attached hydrogens (tertiary/aromatic N) is 1. The minimum absolute atomic E-state index is 0.882. The third-order valence-corrected chi connectivity index (χ3v) is 7.80. The monoisotopic (exact) mass is 511 g/mol. The van der Waals surface area contributed by atoms with Crippen LogP contribution in [0.3, 0.4) is 0 Å². The highest BCUT2D eigenvalue weighted by Gasteiger charge is 2.18. The summed E-state index contributed by atoms with van der Waals surface area (Å²) in [4.78, 5) is 0. The Morgan fingerprint density at radius 3 is 1.52 bits per heavy atom. The van der Waals surface area contributed by atoms with Gasteiger partial charge < -0.3 is 4.42 Å². The van der Waals surface area contributed by atoms with Gasteiger partial charge in [0.1, 0.15) is 5.58 Å². The molecule has 8 aromatic rings. The van der Waals surface area contributed by atoms with Crippen LogP contribution in [0.1, 0.15) is 0 Å². The Labute approximate surface area is 232 Å². The van der Waals surface area contributed by atoms with Crippen molar-refractivity contribution in [3.63, 3.8) is 0 Å². The van der Waals surface area contributed by atoms with Crippen LogP contribution in [0.5, 0.6) is 0 Å². The molecule has 2 heteroatoms. The maximum Gasteiger partial charge on any atom is 0.213 e. The predicted octanol–water partition coefficient (Wildman–Crippen LogP) is 10.5. The molecule has 6 aromatic carbocycles. The van der Waals surface area contributed by atoms with Gasteiger partial charge in [0.25, 0.3) is 0 Å². The van der Waals surface area contributed by atoms with Crippen molar-refractivity contribution in [3.8, 4) is 39.1 Å². The zero-order valence-electron chi connectivity index (χ0n) is 21.8. The maximum absolute atomic E-state index is 6.43. The second kappa shape index (κ2) is 9.14. The predicted molar refractivity (Wildman–Crippen MR) is 167 cm³/mol. The number of aromatic nitrogens is 1. The summed E-state index contributed by atoms with van der Waals surface area (Å²) < 4.78 is 8.67. The molecule has 0 N–H and O–H groups in total. The van der Waals surface area contributed by atoms with Crippen molar-refractivity contribution in [2.45, 2.75) is 0 Å². The van der Waals surface area contributed by atoms with Gasteiger partial charge >= 0.3 is 0 Å². The van der Waals surface area contributed by atoms with E-state index >= 15 is 0 Å². The summed E-state index contributed by atoms with van der Waals surface area (Å²) in [5.41, 5.74) is 11.2. The molecule has 188 valence electrons. The lowest BCUT2D eigenvalue weighted by Gasteiger charge is -2.12. The van der Waals surface area contributed by atoms with Gasteiger partial charge in [-0.3, -0.25) is 4.57 Å². The van der Waals surface area contributed by atoms with Gasteiger partial charge in [0, 0.05) is 16.5 Å². The smallest absolute Gasteiger partial charge is 0.213 e. The van der Waals surface area contributed by atoms with Gasteiger partial charge in [-0.15, -0.1) is 0 Å². The zero-order valence-corrected chi connectivity index (χ0v) is 21.8. The number of hydrogen-bond acceptors (Lipinski definition) is 1. The first-order valence-electron chi connectivity index (χ1n) is 13.6. The highest BCUT2D eigenvalue weighted by atomic mass is 16.3. The van der Waals surface area contributed by atoms with Gasteiger partial charge in [0.2, 0.25) is 5.71 Å². The molecule has 0 saturated carbocycles. The molecule has 0 amide bonds.